The van der Waals surface area contributed by atoms with Crippen LogP contribution >= 0.6 is 27.7 Å². The second-order valence-electron chi connectivity index (χ2n) is 4.75. The zero-order valence-electron chi connectivity index (χ0n) is 12.0. The van der Waals surface area contributed by atoms with Crippen LogP contribution in [0.2, 0.25) is 0 Å². The number of halogens is 1. The van der Waals surface area contributed by atoms with Gasteiger partial charge in [0.15, 0.2) is 5.16 Å². The summed E-state index contributed by atoms with van der Waals surface area (Å²) >= 11 is 5.13. The van der Waals surface area contributed by atoms with E-state index in [-0.39, 0.29) is 11.7 Å². The highest BCUT2D eigenvalue weighted by atomic mass is 79.9. The van der Waals surface area contributed by atoms with Crippen LogP contribution in [0.4, 0.5) is 0 Å². The molecule has 0 aliphatic rings. The molecule has 2 aromatic rings. The average Bonchev–Trinajstić information content (AvgIpc) is 2.88. The SMILES string of the molecule is CCc1nn(C)c(CSc2n[nH]c(=O)n2C(C)C)c1Br. The number of rotatable bonds is 5. The van der Waals surface area contributed by atoms with Gasteiger partial charge in [-0.15, -0.1) is 5.10 Å². The van der Waals surface area contributed by atoms with E-state index in [0.29, 0.717) is 10.9 Å². The third kappa shape index (κ3) is 2.85. The fourth-order valence-corrected chi connectivity index (χ4v) is 4.04. The van der Waals surface area contributed by atoms with E-state index in [4.69, 9.17) is 0 Å². The van der Waals surface area contributed by atoms with Crippen molar-refractivity contribution < 1.29 is 0 Å². The molecule has 0 aromatic carbocycles. The van der Waals surface area contributed by atoms with Gasteiger partial charge in [0.05, 0.1) is 15.9 Å². The molecule has 1 N–H and O–H groups in total. The maximum atomic E-state index is 11.7. The van der Waals surface area contributed by atoms with Crippen molar-refractivity contribution in [2.75, 3.05) is 0 Å². The third-order valence-corrected chi connectivity index (χ3v) is 4.91. The Bertz CT molecular complexity index is 657. The first-order chi connectivity index (χ1) is 9.45. The molecule has 6 nitrogen and oxygen atoms in total. The minimum atomic E-state index is -0.166. The molecule has 2 rings (SSSR count). The van der Waals surface area contributed by atoms with Crippen LogP contribution in [-0.2, 0) is 19.2 Å². The Hall–Kier alpha value is -1.02. The van der Waals surface area contributed by atoms with E-state index in [9.17, 15) is 4.79 Å². The molecule has 20 heavy (non-hydrogen) atoms. The highest BCUT2D eigenvalue weighted by Gasteiger charge is 2.16. The molecular formula is C12H18BrN5OS. The molecule has 0 amide bonds. The van der Waals surface area contributed by atoms with Crippen molar-refractivity contribution in [3.8, 4) is 0 Å². The van der Waals surface area contributed by atoms with Crippen LogP contribution in [0, 0.1) is 0 Å². The van der Waals surface area contributed by atoms with Gasteiger partial charge < -0.3 is 0 Å². The number of nitrogens with one attached hydrogen (secondary N) is 1. The molecule has 0 fully saturated rings. The topological polar surface area (TPSA) is 68.5 Å². The van der Waals surface area contributed by atoms with Crippen LogP contribution < -0.4 is 5.69 Å². The highest BCUT2D eigenvalue weighted by Crippen LogP contribution is 2.28. The molecule has 2 aromatic heterocycles. The Labute approximate surface area is 130 Å². The predicted octanol–water partition coefficient (Wildman–Crippen LogP) is 2.50. The van der Waals surface area contributed by atoms with Gasteiger partial charge in [0.2, 0.25) is 0 Å². The summed E-state index contributed by atoms with van der Waals surface area (Å²) in [6.45, 7) is 6.01. The summed E-state index contributed by atoms with van der Waals surface area (Å²) in [4.78, 5) is 11.7. The van der Waals surface area contributed by atoms with Crippen molar-refractivity contribution in [1.82, 2.24) is 24.5 Å². The van der Waals surface area contributed by atoms with Crippen LogP contribution in [0.25, 0.3) is 0 Å². The van der Waals surface area contributed by atoms with E-state index in [1.165, 1.54) is 11.8 Å². The summed E-state index contributed by atoms with van der Waals surface area (Å²) in [5.74, 6) is 0.709. The lowest BCUT2D eigenvalue weighted by atomic mass is 10.3. The first-order valence-electron chi connectivity index (χ1n) is 6.45. The number of aromatic nitrogens is 5. The van der Waals surface area contributed by atoms with E-state index in [1.54, 1.807) is 4.57 Å². The normalized spacial score (nSPS) is 11.5. The Kier molecular flexibility index (Phi) is 4.74. The van der Waals surface area contributed by atoms with Gasteiger partial charge in [-0.25, -0.2) is 9.89 Å². The van der Waals surface area contributed by atoms with Gasteiger partial charge in [0, 0.05) is 18.8 Å². The smallest absolute Gasteiger partial charge is 0.270 e. The van der Waals surface area contributed by atoms with Crippen LogP contribution in [0.5, 0.6) is 0 Å². The highest BCUT2D eigenvalue weighted by molar-refractivity contribution is 9.10. The Morgan fingerprint density at radius 3 is 2.70 bits per heavy atom. The lowest BCUT2D eigenvalue weighted by Gasteiger charge is -2.08. The van der Waals surface area contributed by atoms with E-state index < -0.39 is 0 Å². The second kappa shape index (κ2) is 6.17. The van der Waals surface area contributed by atoms with Crippen molar-refractivity contribution in [2.24, 2.45) is 7.05 Å². The average molecular weight is 360 g/mol. The molecule has 0 aliphatic heterocycles. The monoisotopic (exact) mass is 359 g/mol. The van der Waals surface area contributed by atoms with Crippen molar-refractivity contribution in [2.45, 2.75) is 44.1 Å². The number of H-pyrrole nitrogens is 1. The van der Waals surface area contributed by atoms with Crippen LogP contribution in [0.1, 0.15) is 38.2 Å². The van der Waals surface area contributed by atoms with E-state index in [1.807, 2.05) is 25.6 Å². The van der Waals surface area contributed by atoms with Gasteiger partial charge in [-0.3, -0.25) is 9.25 Å². The van der Waals surface area contributed by atoms with E-state index >= 15 is 0 Å². The molecular weight excluding hydrogens is 342 g/mol. The van der Waals surface area contributed by atoms with E-state index in [0.717, 1.165) is 22.3 Å². The van der Waals surface area contributed by atoms with Gasteiger partial charge in [-0.05, 0) is 36.2 Å². The van der Waals surface area contributed by atoms with Gasteiger partial charge in [-0.2, -0.15) is 5.10 Å². The molecule has 8 heteroatoms. The minimum Gasteiger partial charge on any atom is -0.270 e. The Balaban J connectivity index is 2.22. The van der Waals surface area contributed by atoms with Crippen molar-refractivity contribution in [3.05, 3.63) is 26.3 Å². The number of aromatic amines is 1. The summed E-state index contributed by atoms with van der Waals surface area (Å²) in [7, 11) is 1.93. The number of aryl methyl sites for hydroxylation is 2. The van der Waals surface area contributed by atoms with Crippen LogP contribution in [0.15, 0.2) is 14.4 Å². The predicted molar refractivity (Wildman–Crippen MR) is 83.1 cm³/mol. The van der Waals surface area contributed by atoms with Crippen LogP contribution in [0.3, 0.4) is 0 Å². The number of nitrogens with zero attached hydrogens (tertiary/aromatic N) is 4. The zero-order valence-corrected chi connectivity index (χ0v) is 14.4. The fraction of sp³-hybridized carbons (Fsp3) is 0.583. The molecule has 2 heterocycles. The second-order valence-corrected chi connectivity index (χ2v) is 6.48. The minimum absolute atomic E-state index is 0.0879. The molecule has 0 saturated heterocycles. The number of thioether (sulfide) groups is 1. The van der Waals surface area contributed by atoms with E-state index in [2.05, 4.69) is 38.1 Å². The quantitative estimate of drug-likeness (QED) is 0.832. The molecule has 0 saturated carbocycles. The first kappa shape index (κ1) is 15.4. The summed E-state index contributed by atoms with van der Waals surface area (Å²) in [5, 5.41) is 11.8. The fourth-order valence-electron chi connectivity index (χ4n) is 1.96. The van der Waals surface area contributed by atoms with Gasteiger partial charge in [-0.1, -0.05) is 18.7 Å². The standard InChI is InChI=1S/C12H18BrN5OS/c1-5-8-10(13)9(17(4)16-8)6-20-12-15-14-11(19)18(12)7(2)3/h7H,5-6H2,1-4H3,(H,14,19). The molecule has 0 atom stereocenters. The largest absolute Gasteiger partial charge is 0.344 e. The molecule has 0 spiro atoms. The summed E-state index contributed by atoms with van der Waals surface area (Å²) in [6, 6.07) is 0.0879. The number of hydrogen-bond acceptors (Lipinski definition) is 4. The third-order valence-electron chi connectivity index (χ3n) is 3.03. The summed E-state index contributed by atoms with van der Waals surface area (Å²) in [6.07, 6.45) is 0.887. The molecule has 0 aliphatic carbocycles. The lowest BCUT2D eigenvalue weighted by molar-refractivity contribution is 0.534. The summed E-state index contributed by atoms with van der Waals surface area (Å²) in [5.41, 5.74) is 1.98. The number of hydrogen-bond donors (Lipinski definition) is 1. The molecule has 110 valence electrons. The first-order valence-corrected chi connectivity index (χ1v) is 8.23. The van der Waals surface area contributed by atoms with Crippen LogP contribution in [-0.4, -0.2) is 24.5 Å². The van der Waals surface area contributed by atoms with Crippen molar-refractivity contribution >= 4 is 27.7 Å². The van der Waals surface area contributed by atoms with Crippen molar-refractivity contribution in [3.63, 3.8) is 0 Å². The van der Waals surface area contributed by atoms with Crippen molar-refractivity contribution in [1.29, 1.82) is 0 Å². The summed E-state index contributed by atoms with van der Waals surface area (Å²) < 4.78 is 4.58. The Morgan fingerprint density at radius 1 is 1.45 bits per heavy atom. The Morgan fingerprint density at radius 2 is 2.15 bits per heavy atom. The molecule has 0 bridgehead atoms. The maximum Gasteiger partial charge on any atom is 0.344 e. The zero-order chi connectivity index (χ0) is 14.9. The van der Waals surface area contributed by atoms with Gasteiger partial charge >= 0.3 is 5.69 Å². The molecule has 0 radical (unpaired) electrons. The maximum absolute atomic E-state index is 11.7. The lowest BCUT2D eigenvalue weighted by Crippen LogP contribution is -2.19. The van der Waals surface area contributed by atoms with Gasteiger partial charge in [0.25, 0.3) is 0 Å². The molecule has 0 unspecified atom stereocenters. The van der Waals surface area contributed by atoms with Gasteiger partial charge in [0.1, 0.15) is 0 Å².